The Kier molecular flexibility index (Phi) is 6.48. The smallest absolute Gasteiger partial charge is 0.428 e. The van der Waals surface area contributed by atoms with Crippen molar-refractivity contribution in [3.63, 3.8) is 0 Å². The number of hydrogen-bond donors (Lipinski definition) is 3. The van der Waals surface area contributed by atoms with Gasteiger partial charge in [-0.05, 0) is 70.1 Å². The molecule has 0 radical (unpaired) electrons. The van der Waals surface area contributed by atoms with Crippen LogP contribution in [0.25, 0.3) is 0 Å². The molecule has 1 aromatic heterocycles. The molecule has 1 aliphatic heterocycles. The van der Waals surface area contributed by atoms with Crippen LogP contribution >= 0.6 is 0 Å². The summed E-state index contributed by atoms with van der Waals surface area (Å²) in [6.07, 6.45) is 4.15. The largest absolute Gasteiger partial charge is 0.435 e. The molecule has 1 fully saturated rings. The molecule has 0 bridgehead atoms. The number of aromatic nitrogens is 2. The van der Waals surface area contributed by atoms with Gasteiger partial charge in [-0.3, -0.25) is 9.89 Å². The summed E-state index contributed by atoms with van der Waals surface area (Å²) in [6.45, 7) is 3.82. The van der Waals surface area contributed by atoms with Crippen LogP contribution in [-0.4, -0.2) is 54.2 Å². The molecule has 182 valence electrons. The number of hydrogen-bond acceptors (Lipinski definition) is 7. The fourth-order valence-corrected chi connectivity index (χ4v) is 5.38. The van der Waals surface area contributed by atoms with Gasteiger partial charge in [0.1, 0.15) is 11.4 Å². The molecule has 1 aromatic carbocycles. The number of hydrazone groups is 1. The summed E-state index contributed by atoms with van der Waals surface area (Å²) in [5.41, 5.74) is 4.03. The quantitative estimate of drug-likeness (QED) is 0.572. The van der Waals surface area contributed by atoms with Crippen molar-refractivity contribution in [1.82, 2.24) is 20.9 Å². The number of nitrogens with zero attached hydrogens (tertiary/aromatic N) is 2. The maximum Gasteiger partial charge on any atom is 0.428 e. The third-order valence-corrected chi connectivity index (χ3v) is 7.58. The Hall–Kier alpha value is -3.21. The molecule has 10 nitrogen and oxygen atoms in total. The minimum absolute atomic E-state index is 0.0317. The molecule has 1 spiro atoms. The van der Waals surface area contributed by atoms with E-state index in [1.165, 1.54) is 12.1 Å². The van der Waals surface area contributed by atoms with Gasteiger partial charge in [0.05, 0.1) is 4.90 Å². The average molecular weight is 488 g/mol. The minimum Gasteiger partial charge on any atom is -0.435 e. The third kappa shape index (κ3) is 5.14. The Morgan fingerprint density at radius 2 is 1.94 bits per heavy atom. The van der Waals surface area contributed by atoms with E-state index in [1.807, 2.05) is 13.8 Å². The molecule has 2 heterocycles. The van der Waals surface area contributed by atoms with E-state index in [9.17, 15) is 18.0 Å². The normalized spacial score (nSPS) is 23.6. The van der Waals surface area contributed by atoms with Gasteiger partial charge in [-0.1, -0.05) is 12.1 Å². The zero-order chi connectivity index (χ0) is 24.5. The third-order valence-electron chi connectivity index (χ3n) is 6.45. The maximum absolute atomic E-state index is 12.4. The summed E-state index contributed by atoms with van der Waals surface area (Å²) in [4.78, 5) is 24.6. The first-order chi connectivity index (χ1) is 16.1. The summed E-state index contributed by atoms with van der Waals surface area (Å²) in [5, 5.41) is 14.1. The molecule has 1 saturated carbocycles. The van der Waals surface area contributed by atoms with Crippen molar-refractivity contribution in [2.24, 2.45) is 11.0 Å². The highest BCUT2D eigenvalue weighted by Gasteiger charge is 2.46. The molecular weight excluding hydrogens is 458 g/mol. The number of benzene rings is 1. The minimum atomic E-state index is -3.31. The Morgan fingerprint density at radius 1 is 1.26 bits per heavy atom. The fraction of sp³-hybridized carbons (Fsp3) is 0.478. The molecule has 0 saturated heterocycles. The van der Waals surface area contributed by atoms with Gasteiger partial charge in [-0.25, -0.2) is 18.6 Å². The van der Waals surface area contributed by atoms with E-state index >= 15 is 0 Å². The lowest BCUT2D eigenvalue weighted by Crippen LogP contribution is -2.52. The first-order valence-electron chi connectivity index (χ1n) is 11.3. The number of nitrogens with one attached hydrogen (secondary N) is 3. The van der Waals surface area contributed by atoms with Crippen molar-refractivity contribution < 1.29 is 22.7 Å². The zero-order valence-corrected chi connectivity index (χ0v) is 20.2. The number of rotatable bonds is 6. The molecular formula is C23H29N5O5S. The Bertz CT molecular complexity index is 1210. The molecule has 4 rings (SSSR count). The Labute approximate surface area is 198 Å². The van der Waals surface area contributed by atoms with Crippen LogP contribution in [0.15, 0.2) is 40.3 Å². The predicted octanol–water partition coefficient (Wildman–Crippen LogP) is 2.70. The monoisotopic (exact) mass is 487 g/mol. The molecule has 11 heteroatoms. The van der Waals surface area contributed by atoms with Crippen LogP contribution in [0.5, 0.6) is 0 Å². The van der Waals surface area contributed by atoms with E-state index in [1.54, 1.807) is 18.2 Å². The van der Waals surface area contributed by atoms with Crippen molar-refractivity contribution in [1.29, 1.82) is 0 Å². The van der Waals surface area contributed by atoms with Gasteiger partial charge >= 0.3 is 6.09 Å². The molecule has 1 atom stereocenters. The lowest BCUT2D eigenvalue weighted by molar-refractivity contribution is 0.0154. The molecule has 3 N–H and O–H groups in total. The molecule has 2 aromatic rings. The molecule has 0 unspecified atom stereocenters. The summed E-state index contributed by atoms with van der Waals surface area (Å²) in [7, 11) is -3.31. The van der Waals surface area contributed by atoms with Crippen molar-refractivity contribution in [3.8, 4) is 0 Å². The van der Waals surface area contributed by atoms with Crippen LogP contribution < -0.4 is 10.7 Å². The maximum atomic E-state index is 12.4. The number of sulfone groups is 1. The van der Waals surface area contributed by atoms with Crippen LogP contribution in [-0.2, 0) is 14.6 Å². The van der Waals surface area contributed by atoms with Gasteiger partial charge in [-0.2, -0.15) is 10.2 Å². The summed E-state index contributed by atoms with van der Waals surface area (Å²) in [5.74, 6) is 0.146. The van der Waals surface area contributed by atoms with E-state index in [0.717, 1.165) is 31.2 Å². The zero-order valence-electron chi connectivity index (χ0n) is 19.4. The number of carbonyl (C=O) groups excluding carboxylic acids is 2. The second kappa shape index (κ2) is 9.21. The van der Waals surface area contributed by atoms with E-state index in [4.69, 9.17) is 4.74 Å². The Balaban J connectivity index is 1.41. The van der Waals surface area contributed by atoms with Crippen LogP contribution in [0.2, 0.25) is 0 Å². The van der Waals surface area contributed by atoms with Crippen LogP contribution in [0, 0.1) is 12.8 Å². The number of H-pyrrole nitrogens is 1. The summed E-state index contributed by atoms with van der Waals surface area (Å²) < 4.78 is 29.4. The van der Waals surface area contributed by atoms with Crippen molar-refractivity contribution in [2.75, 3.05) is 6.26 Å². The van der Waals surface area contributed by atoms with E-state index in [-0.39, 0.29) is 16.8 Å². The van der Waals surface area contributed by atoms with E-state index in [0.29, 0.717) is 35.7 Å². The van der Waals surface area contributed by atoms with E-state index in [2.05, 4.69) is 26.0 Å². The van der Waals surface area contributed by atoms with Crippen molar-refractivity contribution in [3.05, 3.63) is 47.3 Å². The lowest BCUT2D eigenvalue weighted by atomic mass is 9.73. The van der Waals surface area contributed by atoms with Gasteiger partial charge in [0.15, 0.2) is 15.4 Å². The van der Waals surface area contributed by atoms with Gasteiger partial charge < -0.3 is 10.1 Å². The highest BCUT2D eigenvalue weighted by molar-refractivity contribution is 7.90. The Morgan fingerprint density at radius 3 is 2.53 bits per heavy atom. The molecule has 1 aliphatic carbocycles. The molecule has 2 amide bonds. The van der Waals surface area contributed by atoms with Gasteiger partial charge in [0, 0.05) is 23.6 Å². The van der Waals surface area contributed by atoms with Gasteiger partial charge in [-0.15, -0.1) is 0 Å². The average Bonchev–Trinajstić information content (AvgIpc) is 3.22. The number of carbonyl (C=O) groups is 2. The SMILES string of the molecule is Cc1cc(C(=O)N[C@@H](C)CC2CCC3(CC2)OC(=O)NN=C3c2ccc(S(C)(=O)=O)cc2)n[nH]1. The van der Waals surface area contributed by atoms with Crippen molar-refractivity contribution >= 4 is 27.5 Å². The van der Waals surface area contributed by atoms with Crippen LogP contribution in [0.4, 0.5) is 4.79 Å². The highest BCUT2D eigenvalue weighted by atomic mass is 32.2. The first-order valence-corrected chi connectivity index (χ1v) is 13.2. The number of ether oxygens (including phenoxy) is 1. The highest BCUT2D eigenvalue weighted by Crippen LogP contribution is 2.40. The van der Waals surface area contributed by atoms with E-state index < -0.39 is 21.5 Å². The summed E-state index contributed by atoms with van der Waals surface area (Å²) >= 11 is 0. The fourth-order valence-electron chi connectivity index (χ4n) is 4.75. The standard InChI is InChI=1S/C23H29N5O5S/c1-14(24-21(29)19-13-15(2)25-26-19)12-16-8-10-23(11-9-16)20(27-28-22(30)33-23)17-4-6-18(7-5-17)34(3,31)32/h4-7,13-14,16H,8-12H2,1-3H3,(H,24,29)(H,25,26)(H,28,30)/t14-,16?,23?/m0/s1. The number of amides is 2. The molecule has 34 heavy (non-hydrogen) atoms. The topological polar surface area (TPSA) is 143 Å². The van der Waals surface area contributed by atoms with Gasteiger partial charge in [0.2, 0.25) is 0 Å². The lowest BCUT2D eigenvalue weighted by Gasteiger charge is -2.42. The van der Waals surface area contributed by atoms with Crippen LogP contribution in [0.3, 0.4) is 0 Å². The second-order valence-electron chi connectivity index (χ2n) is 9.24. The number of aromatic amines is 1. The van der Waals surface area contributed by atoms with Gasteiger partial charge in [0.25, 0.3) is 5.91 Å². The molecule has 2 aliphatic rings. The van der Waals surface area contributed by atoms with Crippen molar-refractivity contribution in [2.45, 2.75) is 62.5 Å². The number of aryl methyl sites for hydroxylation is 1. The second-order valence-corrected chi connectivity index (χ2v) is 11.3. The summed E-state index contributed by atoms with van der Waals surface area (Å²) in [6, 6.07) is 8.14. The predicted molar refractivity (Wildman–Crippen MR) is 125 cm³/mol. The van der Waals surface area contributed by atoms with Crippen LogP contribution in [0.1, 0.15) is 60.8 Å². The first kappa shape index (κ1) is 23.9.